The summed E-state index contributed by atoms with van der Waals surface area (Å²) >= 11 is 0. The quantitative estimate of drug-likeness (QED) is 0.212. The first-order valence-electron chi connectivity index (χ1n) is 0. The number of hydrogen-bond donors (Lipinski definition) is 0. The molecule has 0 rings (SSSR count). The summed E-state index contributed by atoms with van der Waals surface area (Å²) in [6.07, 6.45) is 0. The largest absolute Gasteiger partial charge is 0.316 e. The second kappa shape index (κ2) is 310. The van der Waals surface area contributed by atoms with E-state index in [9.17, 15) is 0 Å². The van der Waals surface area contributed by atoms with Crippen LogP contribution in [0.5, 0.6) is 0 Å². The van der Waals surface area contributed by atoms with Crippen molar-refractivity contribution in [3.05, 3.63) is 0 Å². The fourth-order valence-electron chi connectivity index (χ4n) is 0. The summed E-state index contributed by atoms with van der Waals surface area (Å²) in [6.45, 7) is 0. The fourth-order valence-corrected chi connectivity index (χ4v) is 0. The van der Waals surface area contributed by atoms with Gasteiger partial charge in [-0.05, 0) is 0 Å². The van der Waals surface area contributed by atoms with Crippen molar-refractivity contribution in [2.75, 3.05) is 0 Å². The zero-order chi connectivity index (χ0) is 0. The van der Waals surface area contributed by atoms with Crippen LogP contribution >= 0.6 is 99.3 Å². The van der Waals surface area contributed by atoms with Crippen LogP contribution in [0.15, 0.2) is 0 Å². The molecule has 0 aliphatic carbocycles. The van der Waals surface area contributed by atoms with Gasteiger partial charge in [0.05, 0.1) is 0 Å². The molecule has 0 aliphatic rings. The maximum absolute atomic E-state index is 0. The first-order chi connectivity index (χ1) is 0. The van der Waals surface area contributed by atoms with Gasteiger partial charge in [0.2, 0.25) is 0 Å². The molecule has 0 N–H and O–H groups in total. The summed E-state index contributed by atoms with van der Waals surface area (Å²) in [4.78, 5) is 0. The molecule has 0 aliphatic heterocycles. The molecule has 0 heterocycles. The molecule has 0 amide bonds. The van der Waals surface area contributed by atoms with Crippen LogP contribution in [0, 0.1) is 0 Å². The van der Waals surface area contributed by atoms with Gasteiger partial charge in [0, 0.05) is 0 Å². The van der Waals surface area contributed by atoms with Gasteiger partial charge in [0.25, 0.3) is 0 Å². The maximum atomic E-state index is 0. The number of halogens is 8. The lowest BCUT2D eigenvalue weighted by atomic mass is 24.3. The van der Waals surface area contributed by atoms with Crippen LogP contribution in [0.2, 0.25) is 0 Å². The zero-order valence-corrected chi connectivity index (χ0v) is 9.80. The molecule has 0 saturated heterocycles. The van der Waals surface area contributed by atoms with E-state index in [0.29, 0.717) is 0 Å². The molecule has 0 bridgehead atoms. The summed E-state index contributed by atoms with van der Waals surface area (Å²) in [5.41, 5.74) is 0. The highest BCUT2D eigenvalue weighted by atomic mass is 35.5. The molecule has 0 nitrogen and oxygen atoms in total. The van der Waals surface area contributed by atoms with Crippen LogP contribution in [0.25, 0.3) is 0 Å². The summed E-state index contributed by atoms with van der Waals surface area (Å²) in [5.74, 6) is 0. The van der Waals surface area contributed by atoms with Gasteiger partial charge in [-0.3, -0.25) is 0 Å². The van der Waals surface area contributed by atoms with Crippen molar-refractivity contribution in [3.8, 4) is 0 Å². The van der Waals surface area contributed by atoms with E-state index in [1.807, 2.05) is 0 Å². The molecule has 0 fully saturated rings. The Bertz CT molecular complexity index is 26.0. The zero-order valence-electron chi connectivity index (χ0n) is 3.27. The minimum Gasteiger partial charge on any atom is -0.147 e. The van der Waals surface area contributed by atoms with E-state index >= 15 is 0 Å². The van der Waals surface area contributed by atoms with Gasteiger partial charge in [0.1, 0.15) is 0 Å². The normalized spacial score (nSPS) is 0. The van der Waals surface area contributed by atoms with Gasteiger partial charge < -0.3 is 0 Å². The Morgan fingerprint density at radius 3 is 0.0625 bits per heavy atom. The first kappa shape index (κ1) is 329. The van der Waals surface area contributed by atoms with Crippen LogP contribution in [0.3, 0.4) is 0 Å². The summed E-state index contributed by atoms with van der Waals surface area (Å²) in [6, 6.07) is 0. The smallest absolute Gasteiger partial charge is 0.147 e. The molecule has 0 aromatic carbocycles. The molecule has 0 atom stereocenters. The third kappa shape index (κ3) is 292. The second-order valence-corrected chi connectivity index (χ2v) is 0. The summed E-state index contributed by atoms with van der Waals surface area (Å²) in [5, 5.41) is 0. The third-order valence-electron chi connectivity index (χ3n) is 0. The minimum absolute atomic E-state index is 0. The molecule has 0 aromatic heterocycles. The predicted molar refractivity (Wildman–Crippen MR) is 263 cm³/mol. The average Bonchev–Trinajstić information content (AvgIpc) is 0. The van der Waals surface area contributed by atoms with Crippen molar-refractivity contribution < 1.29 is 0 Å². The first-order valence-corrected chi connectivity index (χ1v) is 0. The summed E-state index contributed by atoms with van der Waals surface area (Å²) in [7, 11) is 0. The van der Waals surface area contributed by atoms with Crippen LogP contribution < -0.4 is 0 Å². The van der Waals surface area contributed by atoms with Crippen molar-refractivity contribution in [3.63, 3.8) is 0 Å². The Morgan fingerprint density at radius 2 is 0.0625 bits per heavy atom. The van der Waals surface area contributed by atoms with Crippen molar-refractivity contribution in [2.24, 2.45) is 0 Å². The standard InChI is InChI=1S/8ClH.24Mg.48H/h8*1H;;;;;;;;;;;;;;;;;;;;;;;;;;;;;;;;;;;;;;;;;;;;;;;;;;;;;;;;;;;;;;;;;;;;;;;;. The minimum atomic E-state index is 0. The van der Waals surface area contributed by atoms with Crippen molar-refractivity contribution >= 4 is 653 Å². The van der Waals surface area contributed by atoms with Gasteiger partial charge >= 0.3 is 553 Å². The molecule has 32 heteroatoms. The highest BCUT2D eigenvalue weighted by molar-refractivity contribution is 5.86. The van der Waals surface area contributed by atoms with Gasteiger partial charge in [-0.25, -0.2) is 0 Å². The van der Waals surface area contributed by atoms with Gasteiger partial charge in [-0.1, -0.05) is 0 Å². The number of rotatable bonds is 0. The van der Waals surface area contributed by atoms with E-state index in [4.69, 9.17) is 0 Å². The molecule has 0 aromatic rings. The van der Waals surface area contributed by atoms with Crippen LogP contribution in [-0.4, -0.2) is 553 Å². The van der Waals surface area contributed by atoms with Crippen molar-refractivity contribution in [2.45, 2.75) is 0 Å². The molecular weight excluding hydrogens is 867 g/mol. The highest BCUT2D eigenvalue weighted by Gasteiger charge is 0.340. The van der Waals surface area contributed by atoms with E-state index in [-0.39, 0.29) is 653 Å². The summed E-state index contributed by atoms with van der Waals surface area (Å²) < 4.78 is 0. The third-order valence-corrected chi connectivity index (χ3v) is 0. The van der Waals surface area contributed by atoms with Crippen molar-refractivity contribution in [1.82, 2.24) is 0 Å². The van der Waals surface area contributed by atoms with Gasteiger partial charge in [0.15, 0.2) is 0 Å². The second-order valence-electron chi connectivity index (χ2n) is 0. The highest BCUT2D eigenvalue weighted by Crippen LogP contribution is 0.697. The van der Waals surface area contributed by atoms with Crippen LogP contribution in [0.1, 0.15) is 0 Å². The fraction of sp³-hybridized carbons (Fsp3) is 0. The van der Waals surface area contributed by atoms with E-state index in [1.54, 1.807) is 0 Å². The van der Waals surface area contributed by atoms with E-state index in [0.717, 1.165) is 0 Å². The lowest BCUT2D eigenvalue weighted by Crippen LogP contribution is -0.382. The molecular formula is H56Cl8Mg24. The predicted octanol–water partition coefficient (Wildman–Crippen LogP) is -18.6. The Kier molecular flexibility index (Phi) is 3180. The molecule has 0 unspecified atom stereocenters. The van der Waals surface area contributed by atoms with Crippen LogP contribution in [0.4, 0.5) is 0 Å². The lowest BCUT2D eigenvalue weighted by Gasteiger charge is -0.148. The topological polar surface area (TPSA) is 0 Å². The maximum Gasteiger partial charge on any atom is 0.316 e. The van der Waals surface area contributed by atoms with Gasteiger partial charge in [-0.15, -0.1) is 99.3 Å². The van der Waals surface area contributed by atoms with Gasteiger partial charge in [-0.2, -0.15) is 0 Å². The Labute approximate surface area is 633 Å². The molecule has 32 heavy (non-hydrogen) atoms. The van der Waals surface area contributed by atoms with E-state index in [2.05, 4.69) is 0 Å². The molecule has 0 saturated carbocycles. The van der Waals surface area contributed by atoms with E-state index < -0.39 is 0 Å². The van der Waals surface area contributed by atoms with Crippen LogP contribution in [-0.2, 0) is 0 Å². The Hall–Kier alpha value is 20.7. The molecule has 0 radical (unpaired) electrons. The SMILES string of the molecule is Cl.Cl.Cl.Cl.Cl.Cl.Cl.Cl.[MgH2].[MgH2].[MgH2].[MgH2].[MgH2].[MgH2].[MgH2].[MgH2].[MgH2].[MgH2].[MgH2].[MgH2].[MgH2].[MgH2].[MgH2].[MgH2].[MgH2].[MgH2].[MgH2].[MgH2].[MgH2].[MgH2].[MgH2].[MgH2]. The molecule has 160 valence electrons. The average molecular weight is 923 g/mol. The van der Waals surface area contributed by atoms with Crippen molar-refractivity contribution in [1.29, 1.82) is 0 Å². The lowest BCUT2D eigenvalue weighted by molar-refractivity contribution is 5.75. The monoisotopic (exact) mass is 912 g/mol. The Morgan fingerprint density at radius 1 is 0.0625 bits per heavy atom. The Balaban J connectivity index is 0. The number of hydrogen-bond acceptors (Lipinski definition) is 0. The van der Waals surface area contributed by atoms with E-state index in [1.165, 1.54) is 0 Å². The molecule has 0 spiro atoms.